The highest BCUT2D eigenvalue weighted by Crippen LogP contribution is 1.76. The van der Waals surface area contributed by atoms with E-state index in [-0.39, 0.29) is 6.54 Å². The minimum absolute atomic E-state index is 0.289. The normalized spacial score (nSPS) is 11.6. The van der Waals surface area contributed by atoms with E-state index in [0.717, 1.165) is 0 Å². The SMILES string of the molecule is NC(=O)NCCC=NN[Si](O)(O)O. The molecular weight excluding hydrogens is 196 g/mol. The second-order valence-corrected chi connectivity index (χ2v) is 3.63. The van der Waals surface area contributed by atoms with Crippen LogP contribution in [0, 0.1) is 0 Å². The van der Waals surface area contributed by atoms with Crippen molar-refractivity contribution in [3.63, 3.8) is 0 Å². The first-order chi connectivity index (χ1) is 5.92. The Hall–Kier alpha value is -1.16. The molecule has 0 saturated carbocycles. The number of urea groups is 1. The molecule has 0 fully saturated rings. The summed E-state index contributed by atoms with van der Waals surface area (Å²) < 4.78 is 0. The Balaban J connectivity index is 3.38. The van der Waals surface area contributed by atoms with Crippen LogP contribution >= 0.6 is 0 Å². The van der Waals surface area contributed by atoms with E-state index < -0.39 is 15.0 Å². The fourth-order valence-electron chi connectivity index (χ4n) is 0.457. The fourth-order valence-corrected chi connectivity index (χ4v) is 0.721. The lowest BCUT2D eigenvalue weighted by atomic mass is 10.5. The lowest BCUT2D eigenvalue weighted by Gasteiger charge is -2.05. The first-order valence-electron chi connectivity index (χ1n) is 3.41. The molecule has 0 aromatic carbocycles. The number of amides is 2. The Kier molecular flexibility index (Phi) is 4.99. The number of nitrogens with two attached hydrogens (primary N) is 1. The molecule has 8 nitrogen and oxygen atoms in total. The topological polar surface area (TPSA) is 140 Å². The molecule has 9 heteroatoms. The predicted molar refractivity (Wildman–Crippen MR) is 46.2 cm³/mol. The zero-order chi connectivity index (χ0) is 10.3. The molecule has 0 heterocycles. The number of hydrazone groups is 1. The molecule has 76 valence electrons. The summed E-state index contributed by atoms with van der Waals surface area (Å²) in [4.78, 5) is 35.3. The fraction of sp³-hybridized carbons (Fsp3) is 0.500. The smallest absolute Gasteiger partial charge is 0.372 e. The summed E-state index contributed by atoms with van der Waals surface area (Å²) in [6.07, 6.45) is 1.63. The number of hydrogen-bond donors (Lipinski definition) is 6. The summed E-state index contributed by atoms with van der Waals surface area (Å²) in [5.41, 5.74) is 4.75. The van der Waals surface area contributed by atoms with Gasteiger partial charge in [-0.1, -0.05) is 0 Å². The van der Waals surface area contributed by atoms with Crippen LogP contribution in [0.4, 0.5) is 4.79 Å². The molecule has 0 aliphatic rings. The lowest BCUT2D eigenvalue weighted by molar-refractivity contribution is 0.210. The van der Waals surface area contributed by atoms with Crippen LogP contribution in [0.3, 0.4) is 0 Å². The van der Waals surface area contributed by atoms with E-state index in [1.54, 1.807) is 5.09 Å². The van der Waals surface area contributed by atoms with Gasteiger partial charge in [0.1, 0.15) is 0 Å². The highest BCUT2D eigenvalue weighted by atomic mass is 28.4. The molecule has 0 saturated heterocycles. The average Bonchev–Trinajstić information content (AvgIpc) is 1.93. The molecule has 0 radical (unpaired) electrons. The number of rotatable bonds is 5. The average molecular weight is 208 g/mol. The Morgan fingerprint density at radius 2 is 2.15 bits per heavy atom. The first kappa shape index (κ1) is 11.8. The molecule has 13 heavy (non-hydrogen) atoms. The number of nitrogens with zero attached hydrogens (tertiary/aromatic N) is 1. The van der Waals surface area contributed by atoms with Gasteiger partial charge in [0, 0.05) is 19.2 Å². The molecular formula is C4H12N4O4Si. The Morgan fingerprint density at radius 1 is 1.54 bits per heavy atom. The maximum absolute atomic E-state index is 10.1. The molecule has 7 N–H and O–H groups in total. The van der Waals surface area contributed by atoms with Crippen LogP contribution in [-0.2, 0) is 0 Å². The van der Waals surface area contributed by atoms with E-state index in [9.17, 15) is 4.79 Å². The second kappa shape index (κ2) is 5.48. The highest BCUT2D eigenvalue weighted by Gasteiger charge is 2.26. The quantitative estimate of drug-likeness (QED) is 0.124. The van der Waals surface area contributed by atoms with Crippen molar-refractivity contribution < 1.29 is 19.2 Å². The molecule has 0 aliphatic carbocycles. The van der Waals surface area contributed by atoms with Gasteiger partial charge in [0.2, 0.25) is 0 Å². The number of carbonyl (C=O) groups is 1. The molecule has 0 aliphatic heterocycles. The van der Waals surface area contributed by atoms with Crippen LogP contribution in [0.5, 0.6) is 0 Å². The van der Waals surface area contributed by atoms with Crippen molar-refractivity contribution in [2.45, 2.75) is 6.42 Å². The summed E-state index contributed by atoms with van der Waals surface area (Å²) in [7, 11) is -4.30. The van der Waals surface area contributed by atoms with E-state index in [2.05, 4.69) is 10.4 Å². The minimum atomic E-state index is -4.30. The number of nitrogens with one attached hydrogen (secondary N) is 2. The molecule has 0 atom stereocenters. The summed E-state index contributed by atoms with van der Waals surface area (Å²) in [6, 6.07) is -0.642. The maximum atomic E-state index is 10.1. The van der Waals surface area contributed by atoms with Gasteiger partial charge in [0.15, 0.2) is 0 Å². The third-order valence-corrected chi connectivity index (χ3v) is 1.31. The highest BCUT2D eigenvalue weighted by molar-refractivity contribution is 6.53. The van der Waals surface area contributed by atoms with Gasteiger partial charge in [-0.3, -0.25) is 5.09 Å². The number of hydrogen-bond acceptors (Lipinski definition) is 6. The number of primary amides is 1. The largest absolute Gasteiger partial charge is 0.639 e. The zero-order valence-electron chi connectivity index (χ0n) is 6.77. The van der Waals surface area contributed by atoms with Gasteiger partial charge in [-0.25, -0.2) is 4.79 Å². The third-order valence-electron chi connectivity index (χ3n) is 0.879. The van der Waals surface area contributed by atoms with Gasteiger partial charge in [0.05, 0.1) is 0 Å². The second-order valence-electron chi connectivity index (χ2n) is 2.14. The van der Waals surface area contributed by atoms with Crippen molar-refractivity contribution in [2.75, 3.05) is 6.54 Å². The minimum Gasteiger partial charge on any atom is -0.372 e. The van der Waals surface area contributed by atoms with Crippen molar-refractivity contribution in [2.24, 2.45) is 10.8 Å². The summed E-state index contributed by atoms with van der Waals surface area (Å²) in [5, 5.41) is 7.31. The predicted octanol–water partition coefficient (Wildman–Crippen LogP) is -2.97. The third kappa shape index (κ3) is 10.8. The van der Waals surface area contributed by atoms with Crippen LogP contribution in [0.15, 0.2) is 5.10 Å². The Labute approximate surface area is 75.5 Å². The van der Waals surface area contributed by atoms with Gasteiger partial charge in [-0.2, -0.15) is 5.10 Å². The monoisotopic (exact) mass is 208 g/mol. The van der Waals surface area contributed by atoms with Crippen molar-refractivity contribution in [1.29, 1.82) is 0 Å². The van der Waals surface area contributed by atoms with Crippen molar-refractivity contribution in [3.05, 3.63) is 0 Å². The van der Waals surface area contributed by atoms with E-state index in [4.69, 9.17) is 20.1 Å². The molecule has 0 aromatic rings. The molecule has 0 rings (SSSR count). The van der Waals surface area contributed by atoms with E-state index in [0.29, 0.717) is 6.42 Å². The Morgan fingerprint density at radius 3 is 2.62 bits per heavy atom. The molecule has 2 amide bonds. The van der Waals surface area contributed by atoms with Crippen LogP contribution < -0.4 is 16.1 Å². The van der Waals surface area contributed by atoms with Crippen molar-refractivity contribution in [3.8, 4) is 0 Å². The molecule has 0 spiro atoms. The summed E-state index contributed by atoms with van der Waals surface area (Å²) >= 11 is 0. The van der Waals surface area contributed by atoms with Crippen molar-refractivity contribution in [1.82, 2.24) is 10.4 Å². The number of carbonyl (C=O) groups excluding carboxylic acids is 1. The standard InChI is InChI=1S/C4H12N4O4Si/c5-4(9)6-2-1-3-7-8-13(10,11)12/h3,8,10-12H,1-2H2,(H3,5,6,9). The zero-order valence-corrected chi connectivity index (χ0v) is 7.77. The van der Waals surface area contributed by atoms with Crippen LogP contribution in [0.2, 0.25) is 0 Å². The van der Waals surface area contributed by atoms with Gasteiger partial charge >= 0.3 is 15.0 Å². The first-order valence-corrected chi connectivity index (χ1v) is 5.25. The van der Waals surface area contributed by atoms with Crippen LogP contribution in [0.25, 0.3) is 0 Å². The lowest BCUT2D eigenvalue weighted by Crippen LogP contribution is -2.48. The van der Waals surface area contributed by atoms with E-state index in [1.807, 2.05) is 0 Å². The van der Waals surface area contributed by atoms with Gasteiger partial charge in [0.25, 0.3) is 0 Å². The Bertz CT molecular complexity index is 191. The van der Waals surface area contributed by atoms with Crippen molar-refractivity contribution >= 4 is 21.2 Å². The van der Waals surface area contributed by atoms with Crippen LogP contribution in [-0.4, -0.2) is 42.1 Å². The van der Waals surface area contributed by atoms with Gasteiger partial charge < -0.3 is 25.4 Å². The van der Waals surface area contributed by atoms with E-state index in [1.165, 1.54) is 6.21 Å². The summed E-state index contributed by atoms with van der Waals surface area (Å²) in [6.45, 7) is 0.289. The molecule has 0 unspecified atom stereocenters. The maximum Gasteiger partial charge on any atom is 0.639 e. The molecule has 0 bridgehead atoms. The van der Waals surface area contributed by atoms with Gasteiger partial charge in [-0.15, -0.1) is 0 Å². The van der Waals surface area contributed by atoms with Gasteiger partial charge in [-0.05, 0) is 0 Å². The molecule has 0 aromatic heterocycles. The summed E-state index contributed by atoms with van der Waals surface area (Å²) in [5.74, 6) is 0. The van der Waals surface area contributed by atoms with Crippen LogP contribution in [0.1, 0.15) is 6.42 Å². The van der Waals surface area contributed by atoms with E-state index >= 15 is 0 Å².